The number of nitro groups is 1. The molecular formula is C26H32N4O5. The quantitative estimate of drug-likeness (QED) is 0.286. The minimum Gasteiger partial charge on any atom is -0.459 e. The van der Waals surface area contributed by atoms with Crippen molar-refractivity contribution >= 4 is 23.2 Å². The van der Waals surface area contributed by atoms with Crippen LogP contribution in [0.5, 0.6) is 0 Å². The number of hydrogen-bond acceptors (Lipinski definition) is 8. The number of benzene rings is 1. The fourth-order valence-corrected chi connectivity index (χ4v) is 6.55. The van der Waals surface area contributed by atoms with Crippen LogP contribution in [0.25, 0.3) is 0 Å². The van der Waals surface area contributed by atoms with Crippen molar-refractivity contribution in [1.82, 2.24) is 4.98 Å². The van der Waals surface area contributed by atoms with E-state index in [-0.39, 0.29) is 46.7 Å². The Morgan fingerprint density at radius 1 is 1.23 bits per heavy atom. The molecule has 186 valence electrons. The van der Waals surface area contributed by atoms with Gasteiger partial charge < -0.3 is 20.5 Å². The highest BCUT2D eigenvalue weighted by molar-refractivity contribution is 5.99. The summed E-state index contributed by atoms with van der Waals surface area (Å²) in [7, 11) is 0. The number of anilines is 2. The Balaban J connectivity index is 1.51. The third-order valence-electron chi connectivity index (χ3n) is 7.65. The molecule has 6 rings (SSSR count). The first kappa shape index (κ1) is 23.5. The molecule has 3 N–H and O–H groups in total. The van der Waals surface area contributed by atoms with Crippen LogP contribution in [0, 0.1) is 27.9 Å². The summed E-state index contributed by atoms with van der Waals surface area (Å²) in [4.78, 5) is 29.1. The SMILES string of the molecule is CC(C)OC(=O)c1cnc(NCc2ccccc2)c([N+](=O)[O-])c1NC1[C@@H]2CC3C[C@H]1CC(O)(C3)C2. The maximum Gasteiger partial charge on any atom is 0.342 e. The zero-order chi connectivity index (χ0) is 24.7. The largest absolute Gasteiger partial charge is 0.459 e. The van der Waals surface area contributed by atoms with Crippen LogP contribution in [0.1, 0.15) is 61.9 Å². The molecule has 4 bridgehead atoms. The minimum atomic E-state index is -0.643. The van der Waals surface area contributed by atoms with E-state index in [1.807, 2.05) is 30.3 Å². The predicted molar refractivity (Wildman–Crippen MR) is 131 cm³/mol. The molecule has 9 nitrogen and oxygen atoms in total. The van der Waals surface area contributed by atoms with Crippen LogP contribution >= 0.6 is 0 Å². The van der Waals surface area contributed by atoms with Gasteiger partial charge in [0, 0.05) is 18.8 Å². The zero-order valence-electron chi connectivity index (χ0n) is 20.1. The van der Waals surface area contributed by atoms with Gasteiger partial charge in [-0.3, -0.25) is 10.1 Å². The number of hydrogen-bond donors (Lipinski definition) is 3. The fraction of sp³-hybridized carbons (Fsp3) is 0.538. The van der Waals surface area contributed by atoms with Gasteiger partial charge in [-0.15, -0.1) is 0 Å². The summed E-state index contributed by atoms with van der Waals surface area (Å²) in [5.74, 6) is 0.360. The molecule has 5 atom stereocenters. The number of pyridine rings is 1. The maximum atomic E-state index is 13.0. The van der Waals surface area contributed by atoms with Gasteiger partial charge in [0.15, 0.2) is 0 Å². The number of esters is 1. The van der Waals surface area contributed by atoms with Crippen molar-refractivity contribution in [2.45, 2.75) is 70.2 Å². The van der Waals surface area contributed by atoms with Crippen molar-refractivity contribution in [2.75, 3.05) is 10.6 Å². The van der Waals surface area contributed by atoms with Gasteiger partial charge in [-0.2, -0.15) is 0 Å². The van der Waals surface area contributed by atoms with Gasteiger partial charge >= 0.3 is 11.7 Å². The van der Waals surface area contributed by atoms with Crippen molar-refractivity contribution in [2.24, 2.45) is 17.8 Å². The Labute approximate surface area is 204 Å². The maximum absolute atomic E-state index is 13.0. The number of rotatable bonds is 8. The Morgan fingerprint density at radius 3 is 2.51 bits per heavy atom. The average molecular weight is 481 g/mol. The third kappa shape index (κ3) is 4.69. The van der Waals surface area contributed by atoms with Gasteiger partial charge in [-0.25, -0.2) is 9.78 Å². The molecule has 0 saturated heterocycles. The molecule has 1 aromatic carbocycles. The molecule has 0 spiro atoms. The van der Waals surface area contributed by atoms with Crippen LogP contribution in [0.4, 0.5) is 17.2 Å². The predicted octanol–water partition coefficient (Wildman–Crippen LogP) is 4.52. The summed E-state index contributed by atoms with van der Waals surface area (Å²) in [5.41, 5.74) is 0.280. The number of aliphatic hydroxyl groups is 1. The number of nitrogens with one attached hydrogen (secondary N) is 2. The second-order valence-corrected chi connectivity index (χ2v) is 10.7. The van der Waals surface area contributed by atoms with Crippen LogP contribution < -0.4 is 10.6 Å². The van der Waals surface area contributed by atoms with E-state index in [9.17, 15) is 20.0 Å². The number of ether oxygens (including phenoxy) is 1. The molecule has 1 aromatic heterocycles. The normalized spacial score (nSPS) is 28.7. The molecule has 1 heterocycles. The van der Waals surface area contributed by atoms with E-state index in [2.05, 4.69) is 15.6 Å². The number of carbonyl (C=O) groups excluding carboxylic acids is 1. The topological polar surface area (TPSA) is 127 Å². The summed E-state index contributed by atoms with van der Waals surface area (Å²) in [5, 5.41) is 29.8. The van der Waals surface area contributed by atoms with Gasteiger partial charge in [-0.05, 0) is 69.3 Å². The van der Waals surface area contributed by atoms with Gasteiger partial charge in [-0.1, -0.05) is 30.3 Å². The molecule has 0 amide bonds. The Hall–Kier alpha value is -3.20. The van der Waals surface area contributed by atoms with Crippen molar-refractivity contribution in [3.63, 3.8) is 0 Å². The molecule has 0 aliphatic heterocycles. The molecule has 2 aromatic rings. The number of nitrogens with zero attached hydrogens (tertiary/aromatic N) is 2. The van der Waals surface area contributed by atoms with Gasteiger partial charge in [0.1, 0.15) is 11.3 Å². The molecule has 9 heteroatoms. The van der Waals surface area contributed by atoms with Crippen LogP contribution in [-0.2, 0) is 11.3 Å². The van der Waals surface area contributed by atoms with Gasteiger partial charge in [0.2, 0.25) is 5.82 Å². The van der Waals surface area contributed by atoms with E-state index < -0.39 is 16.5 Å². The summed E-state index contributed by atoms with van der Waals surface area (Å²) in [6.07, 6.45) is 5.17. The van der Waals surface area contributed by atoms with E-state index in [1.54, 1.807) is 13.8 Å². The van der Waals surface area contributed by atoms with Crippen molar-refractivity contribution in [1.29, 1.82) is 0 Å². The minimum absolute atomic E-state index is 0.0551. The van der Waals surface area contributed by atoms with Crippen molar-refractivity contribution in [3.8, 4) is 0 Å². The lowest BCUT2D eigenvalue weighted by molar-refractivity contribution is -0.383. The second-order valence-electron chi connectivity index (χ2n) is 10.7. The first-order valence-corrected chi connectivity index (χ1v) is 12.4. The Bertz CT molecular complexity index is 1110. The summed E-state index contributed by atoms with van der Waals surface area (Å²) >= 11 is 0. The average Bonchev–Trinajstić information content (AvgIpc) is 2.78. The van der Waals surface area contributed by atoms with E-state index in [0.29, 0.717) is 25.3 Å². The molecular weight excluding hydrogens is 448 g/mol. The van der Waals surface area contributed by atoms with E-state index >= 15 is 0 Å². The van der Waals surface area contributed by atoms with Crippen LogP contribution in [0.3, 0.4) is 0 Å². The lowest BCUT2D eigenvalue weighted by Gasteiger charge is -2.58. The number of carbonyl (C=O) groups is 1. The molecule has 4 saturated carbocycles. The number of aromatic nitrogens is 1. The summed E-state index contributed by atoms with van der Waals surface area (Å²) in [6.45, 7) is 3.83. The molecule has 4 aliphatic carbocycles. The van der Waals surface area contributed by atoms with Gasteiger partial charge in [0.05, 0.1) is 16.6 Å². The highest BCUT2D eigenvalue weighted by Crippen LogP contribution is 2.56. The molecule has 3 unspecified atom stereocenters. The van der Waals surface area contributed by atoms with Crippen LogP contribution in [-0.4, -0.2) is 38.7 Å². The third-order valence-corrected chi connectivity index (χ3v) is 7.65. The first-order chi connectivity index (χ1) is 16.7. The van der Waals surface area contributed by atoms with E-state index in [4.69, 9.17) is 4.74 Å². The van der Waals surface area contributed by atoms with Crippen LogP contribution in [0.15, 0.2) is 36.5 Å². The smallest absolute Gasteiger partial charge is 0.342 e. The van der Waals surface area contributed by atoms with Crippen LogP contribution in [0.2, 0.25) is 0 Å². The second kappa shape index (κ2) is 9.11. The summed E-state index contributed by atoms with van der Waals surface area (Å²) < 4.78 is 5.40. The monoisotopic (exact) mass is 480 g/mol. The zero-order valence-corrected chi connectivity index (χ0v) is 20.1. The van der Waals surface area contributed by atoms with Crippen molar-refractivity contribution in [3.05, 3.63) is 57.8 Å². The lowest BCUT2D eigenvalue weighted by Crippen LogP contribution is -2.59. The fourth-order valence-electron chi connectivity index (χ4n) is 6.55. The molecule has 0 radical (unpaired) electrons. The standard InChI is InChI=1S/C26H32N4O5/c1-15(2)35-25(31)20-14-28-24(27-13-16-6-4-3-5-7-16)23(30(33)34)22(20)29-21-18-8-17-9-19(21)12-26(32,10-17)11-18/h3-7,14-15,17-19,21,32H,8-13H2,1-2H3,(H2,27,28,29)/t17?,18-,19+,21?,26?. The van der Waals surface area contributed by atoms with Gasteiger partial charge in [0.25, 0.3) is 0 Å². The van der Waals surface area contributed by atoms with E-state index in [0.717, 1.165) is 24.8 Å². The Morgan fingerprint density at radius 2 is 1.91 bits per heavy atom. The van der Waals surface area contributed by atoms with Crippen molar-refractivity contribution < 1.29 is 19.6 Å². The molecule has 4 aliphatic rings. The summed E-state index contributed by atoms with van der Waals surface area (Å²) in [6, 6.07) is 9.49. The highest BCUT2D eigenvalue weighted by atomic mass is 16.6. The van der Waals surface area contributed by atoms with E-state index in [1.165, 1.54) is 6.20 Å². The molecule has 35 heavy (non-hydrogen) atoms. The lowest BCUT2D eigenvalue weighted by atomic mass is 9.52. The Kier molecular flexibility index (Phi) is 6.13. The highest BCUT2D eigenvalue weighted by Gasteiger charge is 2.55. The molecule has 4 fully saturated rings. The first-order valence-electron chi connectivity index (χ1n) is 12.4.